The minimum Gasteiger partial charge on any atom is -0.507 e. The van der Waals surface area contributed by atoms with Crippen LogP contribution >= 0.6 is 0 Å². The predicted octanol–water partition coefficient (Wildman–Crippen LogP) is 5.11. The van der Waals surface area contributed by atoms with Crippen LogP contribution in [0.5, 0.6) is 11.5 Å². The second-order valence-electron chi connectivity index (χ2n) is 8.06. The highest BCUT2D eigenvalue weighted by atomic mass is 16.5. The largest absolute Gasteiger partial charge is 0.507 e. The van der Waals surface area contributed by atoms with E-state index in [1.54, 1.807) is 55.6 Å². The fourth-order valence-electron chi connectivity index (χ4n) is 4.06. The lowest BCUT2D eigenvalue weighted by Crippen LogP contribution is -2.29. The number of nitrogens with zero attached hydrogens (tertiary/aromatic N) is 1. The van der Waals surface area contributed by atoms with Crippen molar-refractivity contribution in [3.8, 4) is 11.5 Å². The van der Waals surface area contributed by atoms with Gasteiger partial charge in [0.1, 0.15) is 17.3 Å². The lowest BCUT2D eigenvalue weighted by Gasteiger charge is -2.25. The number of hydrogen-bond acceptors (Lipinski definition) is 5. The van der Waals surface area contributed by atoms with E-state index >= 15 is 0 Å². The maximum absolute atomic E-state index is 13.2. The maximum atomic E-state index is 13.2. The van der Waals surface area contributed by atoms with Crippen LogP contribution in [0, 0.1) is 0 Å². The summed E-state index contributed by atoms with van der Waals surface area (Å²) in [6.45, 7) is 2.78. The van der Waals surface area contributed by atoms with E-state index in [0.717, 1.165) is 12.0 Å². The molecule has 6 nitrogen and oxygen atoms in total. The standard InChI is InChI=1S/C28H27NO5/c1-3-16-34-23-11-7-10-21(17-23)26(30)24-25(20-12-14-22(33-2)15-13-20)29(28(32)27(24)31)18-19-8-5-4-6-9-19/h4-15,17,25,30H,3,16,18H2,1-2H3/b26-24+. The van der Waals surface area contributed by atoms with E-state index in [0.29, 0.717) is 29.2 Å². The van der Waals surface area contributed by atoms with Crippen LogP contribution in [0.2, 0.25) is 0 Å². The second kappa shape index (κ2) is 10.3. The van der Waals surface area contributed by atoms with Gasteiger partial charge in [-0.2, -0.15) is 0 Å². The summed E-state index contributed by atoms with van der Waals surface area (Å²) in [6, 6.07) is 22.8. The molecule has 1 N–H and O–H groups in total. The van der Waals surface area contributed by atoms with Crippen molar-refractivity contribution < 1.29 is 24.2 Å². The molecule has 1 heterocycles. The lowest BCUT2D eigenvalue weighted by atomic mass is 9.95. The number of aliphatic hydroxyl groups excluding tert-OH is 1. The maximum Gasteiger partial charge on any atom is 0.295 e. The molecule has 3 aromatic carbocycles. The molecule has 1 saturated heterocycles. The molecule has 4 rings (SSSR count). The summed E-state index contributed by atoms with van der Waals surface area (Å²) >= 11 is 0. The molecule has 3 aromatic rings. The van der Waals surface area contributed by atoms with Crippen LogP contribution in [0.25, 0.3) is 5.76 Å². The number of rotatable bonds is 8. The number of aliphatic hydroxyl groups is 1. The predicted molar refractivity (Wildman–Crippen MR) is 130 cm³/mol. The molecule has 1 fully saturated rings. The number of carbonyl (C=O) groups is 2. The van der Waals surface area contributed by atoms with E-state index in [4.69, 9.17) is 9.47 Å². The van der Waals surface area contributed by atoms with Crippen molar-refractivity contribution in [1.29, 1.82) is 0 Å². The van der Waals surface area contributed by atoms with Crippen LogP contribution in [0.3, 0.4) is 0 Å². The second-order valence-corrected chi connectivity index (χ2v) is 8.06. The Morgan fingerprint density at radius 3 is 2.35 bits per heavy atom. The van der Waals surface area contributed by atoms with Gasteiger partial charge in [0.25, 0.3) is 11.7 Å². The van der Waals surface area contributed by atoms with Crippen LogP contribution in [0.1, 0.15) is 36.1 Å². The molecule has 34 heavy (non-hydrogen) atoms. The molecule has 174 valence electrons. The fourth-order valence-corrected chi connectivity index (χ4v) is 4.06. The lowest BCUT2D eigenvalue weighted by molar-refractivity contribution is -0.140. The van der Waals surface area contributed by atoms with Crippen molar-refractivity contribution >= 4 is 17.4 Å². The number of methoxy groups -OCH3 is 1. The van der Waals surface area contributed by atoms with Gasteiger partial charge in [0, 0.05) is 12.1 Å². The molecule has 0 aliphatic carbocycles. The Balaban J connectivity index is 1.81. The van der Waals surface area contributed by atoms with E-state index in [2.05, 4.69) is 0 Å². The number of hydrogen-bond donors (Lipinski definition) is 1. The summed E-state index contributed by atoms with van der Waals surface area (Å²) in [5.74, 6) is -0.342. The zero-order valence-electron chi connectivity index (χ0n) is 19.2. The zero-order chi connectivity index (χ0) is 24.1. The van der Waals surface area contributed by atoms with Crippen molar-refractivity contribution in [3.05, 3.63) is 101 Å². The van der Waals surface area contributed by atoms with E-state index in [9.17, 15) is 14.7 Å². The molecule has 1 atom stereocenters. The van der Waals surface area contributed by atoms with Gasteiger partial charge in [-0.1, -0.05) is 61.5 Å². The number of amides is 1. The first-order valence-corrected chi connectivity index (χ1v) is 11.2. The van der Waals surface area contributed by atoms with E-state index in [1.807, 2.05) is 37.3 Å². The normalized spacial score (nSPS) is 17.1. The monoisotopic (exact) mass is 457 g/mol. The molecular weight excluding hydrogens is 430 g/mol. The number of Topliss-reactive ketones (excluding diaryl/α,β-unsaturated/α-hetero) is 1. The highest BCUT2D eigenvalue weighted by Crippen LogP contribution is 2.41. The zero-order valence-corrected chi connectivity index (χ0v) is 19.2. The summed E-state index contributed by atoms with van der Waals surface area (Å²) in [6.07, 6.45) is 0.846. The Bertz CT molecular complexity index is 1200. The molecular formula is C28H27NO5. The number of ether oxygens (including phenoxy) is 2. The number of ketones is 1. The molecule has 1 amide bonds. The van der Waals surface area contributed by atoms with Gasteiger partial charge >= 0.3 is 0 Å². The summed E-state index contributed by atoms with van der Waals surface area (Å²) in [4.78, 5) is 27.9. The Morgan fingerprint density at radius 1 is 0.941 bits per heavy atom. The van der Waals surface area contributed by atoms with Crippen molar-refractivity contribution in [2.45, 2.75) is 25.9 Å². The molecule has 0 bridgehead atoms. The van der Waals surface area contributed by atoms with Crippen molar-refractivity contribution in [3.63, 3.8) is 0 Å². The van der Waals surface area contributed by atoms with E-state index < -0.39 is 17.7 Å². The van der Waals surface area contributed by atoms with Crippen molar-refractivity contribution in [2.75, 3.05) is 13.7 Å². The Morgan fingerprint density at radius 2 is 1.68 bits per heavy atom. The SMILES string of the molecule is CCCOc1cccc(/C(O)=C2\C(=O)C(=O)N(Cc3ccccc3)C2c2ccc(OC)cc2)c1. The summed E-state index contributed by atoms with van der Waals surface area (Å²) in [7, 11) is 1.57. The molecule has 0 radical (unpaired) electrons. The van der Waals surface area contributed by atoms with Gasteiger partial charge in [0.2, 0.25) is 0 Å². The van der Waals surface area contributed by atoms with Crippen molar-refractivity contribution in [2.24, 2.45) is 0 Å². The highest BCUT2D eigenvalue weighted by molar-refractivity contribution is 6.46. The number of carbonyl (C=O) groups excluding carboxylic acids is 2. The van der Waals surface area contributed by atoms with Crippen LogP contribution in [-0.2, 0) is 16.1 Å². The van der Waals surface area contributed by atoms with Crippen molar-refractivity contribution in [1.82, 2.24) is 4.90 Å². The first-order chi connectivity index (χ1) is 16.5. The quantitative estimate of drug-likeness (QED) is 0.289. The molecule has 1 aliphatic rings. The average molecular weight is 458 g/mol. The molecule has 0 saturated carbocycles. The third kappa shape index (κ3) is 4.66. The minimum atomic E-state index is -0.744. The molecule has 6 heteroatoms. The molecule has 0 spiro atoms. The number of likely N-dealkylation sites (tertiary alicyclic amines) is 1. The topological polar surface area (TPSA) is 76.1 Å². The first-order valence-electron chi connectivity index (χ1n) is 11.2. The van der Waals surface area contributed by atoms with Crippen LogP contribution in [0.4, 0.5) is 0 Å². The third-order valence-corrected chi connectivity index (χ3v) is 5.75. The van der Waals surface area contributed by atoms with Crippen LogP contribution in [-0.4, -0.2) is 35.4 Å². The summed E-state index contributed by atoms with van der Waals surface area (Å²) in [5, 5.41) is 11.3. The highest BCUT2D eigenvalue weighted by Gasteiger charge is 2.46. The molecule has 0 aromatic heterocycles. The Kier molecular flexibility index (Phi) is 6.97. The van der Waals surface area contributed by atoms with Gasteiger partial charge in [0.05, 0.1) is 25.3 Å². The van der Waals surface area contributed by atoms with Crippen LogP contribution < -0.4 is 9.47 Å². The van der Waals surface area contributed by atoms with Crippen LogP contribution in [0.15, 0.2) is 84.4 Å². The third-order valence-electron chi connectivity index (χ3n) is 5.75. The first kappa shape index (κ1) is 23.1. The molecule has 1 aliphatic heterocycles. The van der Waals surface area contributed by atoms with Gasteiger partial charge in [-0.05, 0) is 41.8 Å². The van der Waals surface area contributed by atoms with Gasteiger partial charge in [0.15, 0.2) is 0 Å². The van der Waals surface area contributed by atoms with Gasteiger partial charge in [-0.3, -0.25) is 9.59 Å². The number of benzene rings is 3. The Hall–Kier alpha value is -4.06. The minimum absolute atomic E-state index is 0.0544. The van der Waals surface area contributed by atoms with E-state index in [1.165, 1.54) is 4.90 Å². The summed E-state index contributed by atoms with van der Waals surface area (Å²) < 4.78 is 10.9. The summed E-state index contributed by atoms with van der Waals surface area (Å²) in [5.41, 5.74) is 2.07. The average Bonchev–Trinajstić information content (AvgIpc) is 3.12. The molecule has 1 unspecified atom stereocenters. The van der Waals surface area contributed by atoms with Gasteiger partial charge in [-0.25, -0.2) is 0 Å². The fraction of sp³-hybridized carbons (Fsp3) is 0.214. The smallest absolute Gasteiger partial charge is 0.295 e. The van der Waals surface area contributed by atoms with Gasteiger partial charge in [-0.15, -0.1) is 0 Å². The van der Waals surface area contributed by atoms with Gasteiger partial charge < -0.3 is 19.5 Å². The van der Waals surface area contributed by atoms with E-state index in [-0.39, 0.29) is 17.9 Å². The Labute approximate surface area is 199 Å².